The van der Waals surface area contributed by atoms with Gasteiger partial charge in [0.25, 0.3) is 5.91 Å². The van der Waals surface area contributed by atoms with Gasteiger partial charge in [0.2, 0.25) is 5.91 Å². The van der Waals surface area contributed by atoms with E-state index in [4.69, 9.17) is 11.6 Å². The molecule has 30 heavy (non-hydrogen) atoms. The lowest BCUT2D eigenvalue weighted by Gasteiger charge is -2.13. The molecule has 0 aliphatic carbocycles. The van der Waals surface area contributed by atoms with Crippen molar-refractivity contribution in [3.8, 4) is 5.75 Å². The van der Waals surface area contributed by atoms with Gasteiger partial charge >= 0.3 is 5.57 Å². The molecular weight excluding hydrogens is 486 g/mol. The molecule has 1 aliphatic rings. The highest BCUT2D eigenvalue weighted by atomic mass is 79.9. The summed E-state index contributed by atoms with van der Waals surface area (Å²) < 4.78 is 32.1. The number of hydrogen-bond acceptors (Lipinski definition) is 4. The maximum Gasteiger partial charge on any atom is 0.487 e. The van der Waals surface area contributed by atoms with Crippen molar-refractivity contribution >= 4 is 56.1 Å². The van der Waals surface area contributed by atoms with Gasteiger partial charge in [-0.1, -0.05) is 0 Å². The van der Waals surface area contributed by atoms with Gasteiger partial charge in [-0.15, -0.1) is 8.78 Å². The Morgan fingerprint density at radius 1 is 1.33 bits per heavy atom. The molecule has 1 saturated heterocycles. The number of carbonyl (C=O) groups excluding carboxylic acids is 2. The van der Waals surface area contributed by atoms with Crippen LogP contribution in [0.4, 0.5) is 14.5 Å². The van der Waals surface area contributed by atoms with Crippen LogP contribution in [0, 0.1) is 0 Å². The first-order valence-electron chi connectivity index (χ1n) is 8.79. The summed E-state index contributed by atoms with van der Waals surface area (Å²) in [4.78, 5) is 28.5. The number of nitrogens with zero attached hydrogens (tertiary/aromatic N) is 2. The van der Waals surface area contributed by atoms with Crippen LogP contribution >= 0.6 is 27.5 Å². The fourth-order valence-electron chi connectivity index (χ4n) is 3.26. The van der Waals surface area contributed by atoms with Crippen molar-refractivity contribution < 1.29 is 23.1 Å². The molecule has 11 heteroatoms. The molecule has 1 unspecified atom stereocenters. The van der Waals surface area contributed by atoms with Crippen molar-refractivity contribution in [2.24, 2.45) is 0 Å². The number of fused-ring (bicyclic) bond motifs is 1. The van der Waals surface area contributed by atoms with Crippen LogP contribution in [0.1, 0.15) is 22.8 Å². The lowest BCUT2D eigenvalue weighted by molar-refractivity contribution is -0.119. The topological polar surface area (TPSA) is 85.2 Å². The number of alkyl halides is 3. The standard InChI is InChI=1S/C19H14BrClF2N4O3/c20-14-5-10(6-15-17(14)27(9-25-15)12-7-16(28)24-8-12)18(29)26-11-1-3-13(4-2-11)30-19(21,22)23/h1-6,9,12H,7-8H2,(H,24,28)(H,26,29). The molecule has 0 spiro atoms. The van der Waals surface area contributed by atoms with E-state index in [1.165, 1.54) is 24.3 Å². The van der Waals surface area contributed by atoms with Gasteiger partial charge in [-0.3, -0.25) is 9.59 Å². The Bertz CT molecular complexity index is 1130. The molecule has 1 fully saturated rings. The fourth-order valence-corrected chi connectivity index (χ4v) is 4.00. The predicted octanol–water partition coefficient (Wildman–Crippen LogP) is 4.28. The zero-order valence-electron chi connectivity index (χ0n) is 15.2. The number of anilines is 1. The molecule has 0 bridgehead atoms. The van der Waals surface area contributed by atoms with Crippen molar-refractivity contribution in [1.29, 1.82) is 0 Å². The van der Waals surface area contributed by atoms with Crippen molar-refractivity contribution in [3.63, 3.8) is 0 Å². The van der Waals surface area contributed by atoms with Gasteiger partial charge in [-0.2, -0.15) is 0 Å². The molecule has 2 aromatic carbocycles. The number of amides is 2. The summed E-state index contributed by atoms with van der Waals surface area (Å²) in [6.07, 6.45) is 2.02. The minimum absolute atomic E-state index is 0.0137. The largest absolute Gasteiger partial charge is 0.487 e. The molecule has 1 aliphatic heterocycles. The third kappa shape index (κ3) is 4.39. The van der Waals surface area contributed by atoms with Crippen molar-refractivity contribution in [3.05, 3.63) is 52.8 Å². The molecular formula is C19H14BrClF2N4O3. The number of imidazole rings is 1. The molecule has 2 N–H and O–H groups in total. The van der Waals surface area contributed by atoms with Crippen LogP contribution in [0.2, 0.25) is 0 Å². The second-order valence-electron chi connectivity index (χ2n) is 6.67. The van der Waals surface area contributed by atoms with Crippen LogP contribution in [-0.4, -0.2) is 33.5 Å². The molecule has 4 rings (SSSR count). The maximum atomic E-state index is 12.7. The van der Waals surface area contributed by atoms with E-state index in [0.29, 0.717) is 34.2 Å². The zero-order valence-corrected chi connectivity index (χ0v) is 17.5. The zero-order chi connectivity index (χ0) is 21.5. The minimum Gasteiger partial charge on any atom is -0.420 e. The Morgan fingerprint density at radius 3 is 2.70 bits per heavy atom. The first-order chi connectivity index (χ1) is 14.2. The molecule has 2 amide bonds. The third-order valence-electron chi connectivity index (χ3n) is 4.58. The third-order valence-corrected chi connectivity index (χ3v) is 5.26. The smallest absolute Gasteiger partial charge is 0.420 e. The van der Waals surface area contributed by atoms with Gasteiger partial charge in [0.1, 0.15) is 5.75 Å². The Hall–Kier alpha value is -2.72. The molecule has 0 saturated carbocycles. The second-order valence-corrected chi connectivity index (χ2v) is 7.96. The predicted molar refractivity (Wildman–Crippen MR) is 110 cm³/mol. The van der Waals surface area contributed by atoms with Gasteiger partial charge in [-0.25, -0.2) is 4.98 Å². The van der Waals surface area contributed by atoms with Crippen molar-refractivity contribution in [2.45, 2.75) is 18.0 Å². The highest BCUT2D eigenvalue weighted by molar-refractivity contribution is 9.10. The monoisotopic (exact) mass is 498 g/mol. The number of hydrogen-bond donors (Lipinski definition) is 2. The second kappa shape index (κ2) is 7.84. The normalized spacial score (nSPS) is 16.5. The van der Waals surface area contributed by atoms with Crippen molar-refractivity contribution in [1.82, 2.24) is 14.9 Å². The Morgan fingerprint density at radius 2 is 2.07 bits per heavy atom. The maximum absolute atomic E-state index is 12.7. The van der Waals surface area contributed by atoms with Crippen LogP contribution in [0.25, 0.3) is 11.0 Å². The summed E-state index contributed by atoms with van der Waals surface area (Å²) >= 11 is 8.21. The number of benzene rings is 2. The molecule has 0 radical (unpaired) electrons. The lowest BCUT2D eigenvalue weighted by atomic mass is 10.1. The number of carbonyl (C=O) groups is 2. The Labute approximate surface area is 182 Å². The molecule has 7 nitrogen and oxygen atoms in total. The van der Waals surface area contributed by atoms with Gasteiger partial charge in [0.15, 0.2) is 0 Å². The summed E-state index contributed by atoms with van der Waals surface area (Å²) in [6.45, 7) is 0.522. The molecule has 1 aromatic heterocycles. The fraction of sp³-hybridized carbons (Fsp3) is 0.211. The van der Waals surface area contributed by atoms with E-state index in [-0.39, 0.29) is 17.7 Å². The van der Waals surface area contributed by atoms with E-state index in [9.17, 15) is 18.4 Å². The summed E-state index contributed by atoms with van der Waals surface area (Å²) in [5, 5.41) is 5.47. The van der Waals surface area contributed by atoms with E-state index in [2.05, 4.69) is 36.3 Å². The van der Waals surface area contributed by atoms with Gasteiger partial charge in [0, 0.05) is 40.3 Å². The van der Waals surface area contributed by atoms with Gasteiger partial charge in [0.05, 0.1) is 23.4 Å². The number of nitrogens with one attached hydrogen (secondary N) is 2. The van der Waals surface area contributed by atoms with E-state index in [0.717, 1.165) is 5.52 Å². The van der Waals surface area contributed by atoms with Crippen LogP contribution in [0.5, 0.6) is 5.75 Å². The minimum atomic E-state index is -3.81. The van der Waals surface area contributed by atoms with E-state index >= 15 is 0 Å². The van der Waals surface area contributed by atoms with E-state index in [1.807, 2.05) is 4.57 Å². The molecule has 3 aromatic rings. The van der Waals surface area contributed by atoms with Crippen LogP contribution in [0.3, 0.4) is 0 Å². The molecule has 2 heterocycles. The summed E-state index contributed by atoms with van der Waals surface area (Å²) in [5.74, 6) is -0.552. The van der Waals surface area contributed by atoms with E-state index in [1.54, 1.807) is 18.5 Å². The van der Waals surface area contributed by atoms with E-state index < -0.39 is 11.5 Å². The number of halogens is 4. The quantitative estimate of drug-likeness (QED) is 0.513. The Kier molecular flexibility index (Phi) is 5.37. The summed E-state index contributed by atoms with van der Waals surface area (Å²) in [6, 6.07) is 8.63. The van der Waals surface area contributed by atoms with Crippen LogP contribution in [0.15, 0.2) is 47.2 Å². The highest BCUT2D eigenvalue weighted by Gasteiger charge is 2.27. The van der Waals surface area contributed by atoms with Crippen LogP contribution in [-0.2, 0) is 4.79 Å². The van der Waals surface area contributed by atoms with Crippen LogP contribution < -0.4 is 15.4 Å². The number of rotatable bonds is 5. The summed E-state index contributed by atoms with van der Waals surface area (Å²) in [7, 11) is 0. The average Bonchev–Trinajstić information content (AvgIpc) is 3.28. The van der Waals surface area contributed by atoms with Gasteiger partial charge < -0.3 is 19.9 Å². The molecule has 156 valence electrons. The number of ether oxygens (including phenoxy) is 1. The SMILES string of the molecule is O=C1CC(n2cnc3cc(C(=O)Nc4ccc(OC(F)(F)Cl)cc4)cc(Br)c32)CN1. The first kappa shape index (κ1) is 20.5. The first-order valence-corrected chi connectivity index (χ1v) is 9.96. The average molecular weight is 500 g/mol. The van der Waals surface area contributed by atoms with Gasteiger partial charge in [-0.05, 0) is 52.3 Å². The summed E-state index contributed by atoms with van der Waals surface area (Å²) in [5.41, 5.74) is -1.67. The highest BCUT2D eigenvalue weighted by Crippen LogP contribution is 2.30. The van der Waals surface area contributed by atoms with Crippen molar-refractivity contribution in [2.75, 3.05) is 11.9 Å². The number of aromatic nitrogens is 2. The Balaban J connectivity index is 1.53. The molecule has 1 atom stereocenters. The lowest BCUT2D eigenvalue weighted by Crippen LogP contribution is -2.16.